The van der Waals surface area contributed by atoms with Crippen molar-refractivity contribution in [1.29, 1.82) is 0 Å². The van der Waals surface area contributed by atoms with Crippen LogP contribution in [0.2, 0.25) is 5.02 Å². The van der Waals surface area contributed by atoms with E-state index in [1.165, 1.54) is 39.5 Å². The third-order valence-electron chi connectivity index (χ3n) is 4.68. The Labute approximate surface area is 200 Å². The number of halogens is 2. The van der Waals surface area contributed by atoms with Crippen LogP contribution in [0.4, 0.5) is 11.4 Å². The summed E-state index contributed by atoms with van der Waals surface area (Å²) in [5.41, 5.74) is 1.30. The SMILES string of the molecule is COc1ccc(S(=O)(=O)N(C)c2ccc(C(=O)Nc3ccc(Br)c(Cl)c3)cc2)cc1OC. The van der Waals surface area contributed by atoms with Crippen molar-refractivity contribution in [3.63, 3.8) is 0 Å². The molecule has 7 nitrogen and oxygen atoms in total. The average Bonchev–Trinajstić information content (AvgIpc) is 2.80. The topological polar surface area (TPSA) is 84.9 Å². The molecule has 0 saturated heterocycles. The van der Waals surface area contributed by atoms with E-state index >= 15 is 0 Å². The lowest BCUT2D eigenvalue weighted by Crippen LogP contribution is -2.26. The van der Waals surface area contributed by atoms with Crippen molar-refractivity contribution in [2.24, 2.45) is 0 Å². The first-order valence-corrected chi connectivity index (χ1v) is 11.9. The number of anilines is 2. The molecule has 3 aromatic carbocycles. The van der Waals surface area contributed by atoms with Crippen LogP contribution in [-0.4, -0.2) is 35.6 Å². The first kappa shape index (κ1) is 23.9. The van der Waals surface area contributed by atoms with Gasteiger partial charge in [-0.05, 0) is 70.5 Å². The maximum Gasteiger partial charge on any atom is 0.264 e. The van der Waals surface area contributed by atoms with Crippen LogP contribution in [0.3, 0.4) is 0 Å². The van der Waals surface area contributed by atoms with Crippen LogP contribution in [0, 0.1) is 0 Å². The van der Waals surface area contributed by atoms with Crippen molar-refractivity contribution < 1.29 is 22.7 Å². The first-order valence-electron chi connectivity index (χ1n) is 9.25. The molecule has 0 radical (unpaired) electrons. The van der Waals surface area contributed by atoms with Crippen LogP contribution >= 0.6 is 27.5 Å². The number of nitrogens with one attached hydrogen (secondary N) is 1. The zero-order valence-electron chi connectivity index (χ0n) is 17.4. The summed E-state index contributed by atoms with van der Waals surface area (Å²) in [6.07, 6.45) is 0. The Morgan fingerprint density at radius 1 is 0.969 bits per heavy atom. The molecule has 1 amide bonds. The van der Waals surface area contributed by atoms with Gasteiger partial charge in [0.15, 0.2) is 11.5 Å². The number of carbonyl (C=O) groups excluding carboxylic acids is 1. The van der Waals surface area contributed by atoms with Gasteiger partial charge in [-0.2, -0.15) is 0 Å². The molecule has 0 saturated carbocycles. The van der Waals surface area contributed by atoms with Gasteiger partial charge in [0.1, 0.15) is 0 Å². The fourth-order valence-electron chi connectivity index (χ4n) is 2.87. The number of methoxy groups -OCH3 is 2. The summed E-state index contributed by atoms with van der Waals surface area (Å²) in [4.78, 5) is 12.6. The van der Waals surface area contributed by atoms with Gasteiger partial charge < -0.3 is 14.8 Å². The third-order valence-corrected chi connectivity index (χ3v) is 7.70. The molecule has 10 heteroatoms. The summed E-state index contributed by atoms with van der Waals surface area (Å²) in [6, 6.07) is 15.7. The molecule has 0 bridgehead atoms. The smallest absolute Gasteiger partial charge is 0.264 e. The molecule has 0 heterocycles. The molecule has 32 heavy (non-hydrogen) atoms. The van der Waals surface area contributed by atoms with E-state index in [0.29, 0.717) is 33.5 Å². The van der Waals surface area contributed by atoms with Crippen LogP contribution in [0.1, 0.15) is 10.4 Å². The lowest BCUT2D eigenvalue weighted by Gasteiger charge is -2.20. The molecule has 0 aliphatic heterocycles. The number of amides is 1. The monoisotopic (exact) mass is 538 g/mol. The van der Waals surface area contributed by atoms with E-state index in [-0.39, 0.29) is 10.8 Å². The van der Waals surface area contributed by atoms with Crippen LogP contribution in [-0.2, 0) is 10.0 Å². The molecule has 0 aliphatic carbocycles. The molecule has 3 rings (SSSR count). The third kappa shape index (κ3) is 5.01. The maximum atomic E-state index is 13.1. The second kappa shape index (κ2) is 9.81. The molecule has 0 aliphatic rings. The first-order chi connectivity index (χ1) is 15.2. The Kier molecular flexibility index (Phi) is 7.33. The zero-order chi connectivity index (χ0) is 23.5. The average molecular weight is 540 g/mol. The number of sulfonamides is 1. The standard InChI is InChI=1S/C22H20BrClN2O5S/c1-26(32(28,29)17-9-11-20(30-2)21(13-17)31-3)16-7-4-14(5-8-16)22(27)25-15-6-10-18(23)19(24)12-15/h4-13H,1-3H3,(H,25,27). The Balaban J connectivity index is 1.80. The number of hydrogen-bond donors (Lipinski definition) is 1. The number of rotatable bonds is 7. The Morgan fingerprint density at radius 2 is 1.62 bits per heavy atom. The largest absolute Gasteiger partial charge is 0.493 e. The summed E-state index contributed by atoms with van der Waals surface area (Å²) >= 11 is 9.35. The normalized spacial score (nSPS) is 11.0. The van der Waals surface area contributed by atoms with E-state index in [1.54, 1.807) is 42.5 Å². The van der Waals surface area contributed by atoms with E-state index < -0.39 is 10.0 Å². The minimum Gasteiger partial charge on any atom is -0.493 e. The van der Waals surface area contributed by atoms with E-state index in [9.17, 15) is 13.2 Å². The number of hydrogen-bond acceptors (Lipinski definition) is 5. The summed E-state index contributed by atoms with van der Waals surface area (Å²) in [5.74, 6) is 0.388. The molecule has 0 unspecified atom stereocenters. The summed E-state index contributed by atoms with van der Waals surface area (Å²) in [5, 5.41) is 3.23. The number of nitrogens with zero attached hydrogens (tertiary/aromatic N) is 1. The lowest BCUT2D eigenvalue weighted by atomic mass is 10.2. The predicted molar refractivity (Wildman–Crippen MR) is 129 cm³/mol. The molecule has 0 atom stereocenters. The molecule has 0 spiro atoms. The maximum absolute atomic E-state index is 13.1. The van der Waals surface area contributed by atoms with Gasteiger partial charge in [0.25, 0.3) is 15.9 Å². The second-order valence-corrected chi connectivity index (χ2v) is 9.85. The van der Waals surface area contributed by atoms with Crippen LogP contribution < -0.4 is 19.1 Å². The fraction of sp³-hybridized carbons (Fsp3) is 0.136. The van der Waals surface area contributed by atoms with Gasteiger partial charge in [0, 0.05) is 28.8 Å². The van der Waals surface area contributed by atoms with Crippen LogP contribution in [0.5, 0.6) is 11.5 Å². The second-order valence-electron chi connectivity index (χ2n) is 6.62. The minimum absolute atomic E-state index is 0.0478. The van der Waals surface area contributed by atoms with E-state index in [4.69, 9.17) is 21.1 Å². The molecule has 1 N–H and O–H groups in total. The molecule has 3 aromatic rings. The Morgan fingerprint density at radius 3 is 2.22 bits per heavy atom. The Hall–Kier alpha value is -2.75. The molecular formula is C22H20BrClN2O5S. The van der Waals surface area contributed by atoms with Gasteiger partial charge in [0.05, 0.1) is 29.8 Å². The Bertz CT molecular complexity index is 1250. The van der Waals surface area contributed by atoms with Crippen LogP contribution in [0.15, 0.2) is 70.0 Å². The quantitative estimate of drug-likeness (QED) is 0.446. The lowest BCUT2D eigenvalue weighted by molar-refractivity contribution is 0.102. The highest BCUT2D eigenvalue weighted by molar-refractivity contribution is 9.10. The van der Waals surface area contributed by atoms with Crippen molar-refractivity contribution >= 4 is 54.8 Å². The highest BCUT2D eigenvalue weighted by atomic mass is 79.9. The molecule has 0 fully saturated rings. The highest BCUT2D eigenvalue weighted by Gasteiger charge is 2.23. The predicted octanol–water partition coefficient (Wildman–Crippen LogP) is 5.20. The number of ether oxygens (including phenoxy) is 2. The summed E-state index contributed by atoms with van der Waals surface area (Å²) in [7, 11) is 0.481. The van der Waals surface area contributed by atoms with Gasteiger partial charge in [-0.25, -0.2) is 8.42 Å². The van der Waals surface area contributed by atoms with E-state index in [2.05, 4.69) is 21.2 Å². The summed E-state index contributed by atoms with van der Waals surface area (Å²) < 4.78 is 38.3. The molecule has 168 valence electrons. The van der Waals surface area contributed by atoms with Gasteiger partial charge >= 0.3 is 0 Å². The van der Waals surface area contributed by atoms with Crippen molar-refractivity contribution in [1.82, 2.24) is 0 Å². The minimum atomic E-state index is -3.86. The van der Waals surface area contributed by atoms with Crippen molar-refractivity contribution in [2.75, 3.05) is 30.9 Å². The fourth-order valence-corrected chi connectivity index (χ4v) is 4.51. The molecule has 0 aromatic heterocycles. The number of carbonyl (C=O) groups is 1. The van der Waals surface area contributed by atoms with Gasteiger partial charge in [-0.3, -0.25) is 9.10 Å². The summed E-state index contributed by atoms with van der Waals surface area (Å²) in [6.45, 7) is 0. The molecular weight excluding hydrogens is 520 g/mol. The van der Waals surface area contributed by atoms with E-state index in [0.717, 1.165) is 8.78 Å². The van der Waals surface area contributed by atoms with Gasteiger partial charge in [0.2, 0.25) is 0 Å². The van der Waals surface area contributed by atoms with Crippen molar-refractivity contribution in [2.45, 2.75) is 4.90 Å². The number of benzene rings is 3. The van der Waals surface area contributed by atoms with E-state index in [1.807, 2.05) is 0 Å². The zero-order valence-corrected chi connectivity index (χ0v) is 20.6. The van der Waals surface area contributed by atoms with Crippen molar-refractivity contribution in [3.8, 4) is 11.5 Å². The highest BCUT2D eigenvalue weighted by Crippen LogP contribution is 2.32. The van der Waals surface area contributed by atoms with Gasteiger partial charge in [-0.15, -0.1) is 0 Å². The van der Waals surface area contributed by atoms with Crippen molar-refractivity contribution in [3.05, 3.63) is 75.7 Å². The van der Waals surface area contributed by atoms with Gasteiger partial charge in [-0.1, -0.05) is 11.6 Å². The van der Waals surface area contributed by atoms with Crippen LogP contribution in [0.25, 0.3) is 0 Å².